The lowest BCUT2D eigenvalue weighted by Crippen LogP contribution is -1.83. The van der Waals surface area contributed by atoms with E-state index in [-0.39, 0.29) is 10.8 Å². The number of nitrogens with zero attached hydrogens (tertiary/aromatic N) is 2. The first-order chi connectivity index (χ1) is 10.6. The van der Waals surface area contributed by atoms with E-state index in [0.717, 1.165) is 11.3 Å². The van der Waals surface area contributed by atoms with Crippen LogP contribution in [0.15, 0.2) is 53.5 Å². The maximum Gasteiger partial charge on any atom is 0.174 e. The summed E-state index contributed by atoms with van der Waals surface area (Å²) in [6, 6.07) is 14.7. The van der Waals surface area contributed by atoms with Gasteiger partial charge in [0, 0.05) is 22.9 Å². The molecular formula is C16H11Cl2N3O. The molecule has 0 spiro atoms. The van der Waals surface area contributed by atoms with Crippen molar-refractivity contribution in [3.8, 4) is 17.0 Å². The molecule has 4 nitrogen and oxygen atoms in total. The van der Waals surface area contributed by atoms with E-state index in [1.54, 1.807) is 6.07 Å². The third kappa shape index (κ3) is 3.13. The van der Waals surface area contributed by atoms with Crippen LogP contribution in [0.5, 0.6) is 5.75 Å². The van der Waals surface area contributed by atoms with Gasteiger partial charge in [-0.3, -0.25) is 5.10 Å². The minimum atomic E-state index is -0.0614. The standard InChI is InChI=1S/C16H11Cl2N3O/c17-12-6-11(16(22)13(18)7-12)9-19-15-8-14(20-21-15)10-4-2-1-3-5-10/h1-9,22H,(H,20,21). The van der Waals surface area contributed by atoms with E-state index < -0.39 is 0 Å². The van der Waals surface area contributed by atoms with Gasteiger partial charge in [-0.05, 0) is 17.7 Å². The molecule has 0 atom stereocenters. The molecular weight excluding hydrogens is 321 g/mol. The van der Waals surface area contributed by atoms with Crippen LogP contribution in [-0.2, 0) is 0 Å². The smallest absolute Gasteiger partial charge is 0.174 e. The second-order valence-corrected chi connectivity index (χ2v) is 5.43. The Morgan fingerprint density at radius 2 is 1.86 bits per heavy atom. The van der Waals surface area contributed by atoms with Crippen molar-refractivity contribution in [2.45, 2.75) is 0 Å². The topological polar surface area (TPSA) is 61.3 Å². The fraction of sp³-hybridized carbons (Fsp3) is 0. The third-order valence-electron chi connectivity index (χ3n) is 3.04. The van der Waals surface area contributed by atoms with Crippen LogP contribution >= 0.6 is 23.2 Å². The van der Waals surface area contributed by atoms with Crippen LogP contribution in [0.25, 0.3) is 11.3 Å². The van der Waals surface area contributed by atoms with Crippen LogP contribution < -0.4 is 0 Å². The molecule has 0 saturated heterocycles. The number of benzene rings is 2. The zero-order valence-corrected chi connectivity index (χ0v) is 12.8. The highest BCUT2D eigenvalue weighted by Gasteiger charge is 2.06. The molecule has 3 aromatic rings. The molecule has 6 heteroatoms. The minimum Gasteiger partial charge on any atom is -0.506 e. The zero-order valence-electron chi connectivity index (χ0n) is 11.3. The van der Waals surface area contributed by atoms with Gasteiger partial charge in [0.1, 0.15) is 5.75 Å². The number of aromatic nitrogens is 2. The molecule has 0 amide bonds. The van der Waals surface area contributed by atoms with Gasteiger partial charge < -0.3 is 5.11 Å². The molecule has 22 heavy (non-hydrogen) atoms. The number of aromatic amines is 1. The quantitative estimate of drug-likeness (QED) is 0.674. The Bertz CT molecular complexity index is 829. The number of hydrogen-bond acceptors (Lipinski definition) is 3. The number of H-pyrrole nitrogens is 1. The molecule has 0 bridgehead atoms. The zero-order chi connectivity index (χ0) is 15.5. The summed E-state index contributed by atoms with van der Waals surface area (Å²) >= 11 is 11.8. The van der Waals surface area contributed by atoms with E-state index >= 15 is 0 Å². The fourth-order valence-corrected chi connectivity index (χ4v) is 2.47. The van der Waals surface area contributed by atoms with Crippen LogP contribution in [0.4, 0.5) is 5.82 Å². The summed E-state index contributed by atoms with van der Waals surface area (Å²) in [6.07, 6.45) is 1.47. The summed E-state index contributed by atoms with van der Waals surface area (Å²) in [7, 11) is 0. The second kappa shape index (κ2) is 6.22. The number of rotatable bonds is 3. The molecule has 0 unspecified atom stereocenters. The van der Waals surface area contributed by atoms with Crippen molar-refractivity contribution >= 4 is 35.2 Å². The lowest BCUT2D eigenvalue weighted by molar-refractivity contribution is 0.475. The normalized spacial score (nSPS) is 11.2. The summed E-state index contributed by atoms with van der Waals surface area (Å²) in [5.74, 6) is 0.433. The molecule has 0 aliphatic heterocycles. The molecule has 0 aliphatic rings. The number of hydrogen-bond donors (Lipinski definition) is 2. The Balaban J connectivity index is 1.87. The average molecular weight is 332 g/mol. The molecule has 0 saturated carbocycles. The van der Waals surface area contributed by atoms with Crippen LogP contribution in [-0.4, -0.2) is 21.5 Å². The van der Waals surface area contributed by atoms with E-state index in [9.17, 15) is 5.11 Å². The monoisotopic (exact) mass is 331 g/mol. The Kier molecular flexibility index (Phi) is 4.13. The first-order valence-electron chi connectivity index (χ1n) is 6.46. The van der Waals surface area contributed by atoms with Gasteiger partial charge >= 0.3 is 0 Å². The van der Waals surface area contributed by atoms with Crippen molar-refractivity contribution in [1.29, 1.82) is 0 Å². The Morgan fingerprint density at radius 3 is 2.64 bits per heavy atom. The molecule has 0 aliphatic carbocycles. The van der Waals surface area contributed by atoms with Crippen molar-refractivity contribution < 1.29 is 5.11 Å². The highest BCUT2D eigenvalue weighted by molar-refractivity contribution is 6.36. The van der Waals surface area contributed by atoms with Gasteiger partial charge in [-0.1, -0.05) is 53.5 Å². The lowest BCUT2D eigenvalue weighted by atomic mass is 10.1. The second-order valence-electron chi connectivity index (χ2n) is 4.59. The number of phenols is 1. The number of aliphatic imine (C=N–C) groups is 1. The summed E-state index contributed by atoms with van der Waals surface area (Å²) in [5.41, 5.74) is 2.31. The SMILES string of the molecule is Oc1c(Cl)cc(Cl)cc1C=Nc1cc(-c2ccccc2)[nH]n1. The first kappa shape index (κ1) is 14.6. The maximum absolute atomic E-state index is 9.87. The van der Waals surface area contributed by atoms with Gasteiger partial charge in [-0.15, -0.1) is 0 Å². The van der Waals surface area contributed by atoms with Gasteiger partial charge in [-0.2, -0.15) is 5.10 Å². The molecule has 1 aromatic heterocycles. The van der Waals surface area contributed by atoms with Crippen LogP contribution in [0.2, 0.25) is 10.0 Å². The number of phenolic OH excluding ortho intramolecular Hbond substituents is 1. The molecule has 110 valence electrons. The van der Waals surface area contributed by atoms with Gasteiger partial charge in [0.15, 0.2) is 5.82 Å². The van der Waals surface area contributed by atoms with Crippen molar-refractivity contribution in [1.82, 2.24) is 10.2 Å². The summed E-state index contributed by atoms with van der Waals surface area (Å²) in [6.45, 7) is 0. The van der Waals surface area contributed by atoms with E-state index in [1.165, 1.54) is 12.3 Å². The van der Waals surface area contributed by atoms with Gasteiger partial charge in [0.05, 0.1) is 10.7 Å². The maximum atomic E-state index is 9.87. The third-order valence-corrected chi connectivity index (χ3v) is 3.55. The summed E-state index contributed by atoms with van der Waals surface area (Å²) in [4.78, 5) is 4.22. The van der Waals surface area contributed by atoms with Crippen molar-refractivity contribution in [3.63, 3.8) is 0 Å². The van der Waals surface area contributed by atoms with Gasteiger partial charge in [0.25, 0.3) is 0 Å². The average Bonchev–Trinajstić information content (AvgIpc) is 2.99. The molecule has 3 rings (SSSR count). The first-order valence-corrected chi connectivity index (χ1v) is 7.22. The van der Waals surface area contributed by atoms with E-state index in [1.807, 2.05) is 36.4 Å². The summed E-state index contributed by atoms with van der Waals surface area (Å²) < 4.78 is 0. The molecule has 0 fully saturated rings. The highest BCUT2D eigenvalue weighted by atomic mass is 35.5. The van der Waals surface area contributed by atoms with Crippen molar-refractivity contribution in [2.75, 3.05) is 0 Å². The predicted octanol–water partition coefficient (Wildman–Crippen LogP) is 4.84. The predicted molar refractivity (Wildman–Crippen MR) is 89.4 cm³/mol. The van der Waals surface area contributed by atoms with E-state index in [2.05, 4.69) is 15.2 Å². The number of nitrogens with one attached hydrogen (secondary N) is 1. The van der Waals surface area contributed by atoms with Crippen LogP contribution in [0.1, 0.15) is 5.56 Å². The Labute approximate surface area is 137 Å². The molecule has 1 heterocycles. The largest absolute Gasteiger partial charge is 0.506 e. The van der Waals surface area contributed by atoms with E-state index in [0.29, 0.717) is 16.4 Å². The van der Waals surface area contributed by atoms with Crippen LogP contribution in [0.3, 0.4) is 0 Å². The fourth-order valence-electron chi connectivity index (χ4n) is 1.96. The molecule has 2 N–H and O–H groups in total. The van der Waals surface area contributed by atoms with Crippen molar-refractivity contribution in [2.24, 2.45) is 4.99 Å². The molecule has 0 radical (unpaired) electrons. The number of aromatic hydroxyl groups is 1. The van der Waals surface area contributed by atoms with Crippen molar-refractivity contribution in [3.05, 3.63) is 64.1 Å². The lowest BCUT2D eigenvalue weighted by Gasteiger charge is -2.01. The van der Waals surface area contributed by atoms with E-state index in [4.69, 9.17) is 23.2 Å². The Morgan fingerprint density at radius 1 is 1.09 bits per heavy atom. The molecule has 2 aromatic carbocycles. The highest BCUT2D eigenvalue weighted by Crippen LogP contribution is 2.30. The number of halogens is 2. The Hall–Kier alpha value is -2.30. The summed E-state index contributed by atoms with van der Waals surface area (Å²) in [5, 5.41) is 17.5. The minimum absolute atomic E-state index is 0.0614. The van der Waals surface area contributed by atoms with Crippen LogP contribution in [0, 0.1) is 0 Å². The van der Waals surface area contributed by atoms with Gasteiger partial charge in [0.2, 0.25) is 0 Å². The van der Waals surface area contributed by atoms with Gasteiger partial charge in [-0.25, -0.2) is 4.99 Å².